The zero-order chi connectivity index (χ0) is 16.7. The molecule has 0 radical (unpaired) electrons. The summed E-state index contributed by atoms with van der Waals surface area (Å²) in [6, 6.07) is 18.8. The van der Waals surface area contributed by atoms with Crippen LogP contribution in [0.2, 0.25) is 0 Å². The summed E-state index contributed by atoms with van der Waals surface area (Å²) in [5, 5.41) is 4.67. The molecule has 0 atom stereocenters. The van der Waals surface area contributed by atoms with Gasteiger partial charge < -0.3 is 9.30 Å². The molecule has 0 unspecified atom stereocenters. The van der Waals surface area contributed by atoms with Crippen molar-refractivity contribution in [2.75, 3.05) is 6.61 Å². The first-order valence-electron chi connectivity index (χ1n) is 8.24. The fourth-order valence-corrected chi connectivity index (χ4v) is 3.65. The Kier molecular flexibility index (Phi) is 3.49. The minimum atomic E-state index is -0.180. The van der Waals surface area contributed by atoms with Crippen LogP contribution in [0.15, 0.2) is 54.6 Å². The average molecular weight is 317 g/mol. The number of ether oxygens (including phenoxy) is 1. The summed E-state index contributed by atoms with van der Waals surface area (Å²) in [6.07, 6.45) is 0.288. The van der Waals surface area contributed by atoms with Crippen LogP contribution in [0.1, 0.15) is 12.5 Å². The van der Waals surface area contributed by atoms with Gasteiger partial charge in [-0.3, -0.25) is 4.79 Å². The molecule has 0 aliphatic carbocycles. The molecule has 24 heavy (non-hydrogen) atoms. The molecule has 120 valence electrons. The summed E-state index contributed by atoms with van der Waals surface area (Å²) in [6.45, 7) is 2.25. The zero-order valence-corrected chi connectivity index (χ0v) is 13.9. The fraction of sp³-hybridized carbons (Fsp3) is 0.190. The fourth-order valence-electron chi connectivity index (χ4n) is 3.65. The third-order valence-corrected chi connectivity index (χ3v) is 4.64. The topological polar surface area (TPSA) is 31.2 Å². The normalized spacial score (nSPS) is 11.4. The lowest BCUT2D eigenvalue weighted by Crippen LogP contribution is -2.09. The van der Waals surface area contributed by atoms with Crippen LogP contribution in [0.4, 0.5) is 0 Å². The lowest BCUT2D eigenvalue weighted by molar-refractivity contribution is -0.142. The van der Waals surface area contributed by atoms with E-state index in [0.717, 1.165) is 21.9 Å². The molecular weight excluding hydrogens is 298 g/mol. The van der Waals surface area contributed by atoms with Crippen molar-refractivity contribution in [2.45, 2.75) is 13.3 Å². The minimum Gasteiger partial charge on any atom is -0.466 e. The van der Waals surface area contributed by atoms with E-state index in [1.165, 1.54) is 16.3 Å². The molecule has 3 heteroatoms. The van der Waals surface area contributed by atoms with Gasteiger partial charge in [0, 0.05) is 23.3 Å². The van der Waals surface area contributed by atoms with Gasteiger partial charge in [-0.15, -0.1) is 0 Å². The maximum absolute atomic E-state index is 12.2. The average Bonchev–Trinajstić information content (AvgIpc) is 2.88. The van der Waals surface area contributed by atoms with E-state index >= 15 is 0 Å². The van der Waals surface area contributed by atoms with Gasteiger partial charge in [-0.05, 0) is 35.4 Å². The van der Waals surface area contributed by atoms with E-state index in [1.807, 2.05) is 25.1 Å². The van der Waals surface area contributed by atoms with E-state index < -0.39 is 0 Å². The van der Waals surface area contributed by atoms with Crippen molar-refractivity contribution in [3.8, 4) is 0 Å². The van der Waals surface area contributed by atoms with Gasteiger partial charge in [0.15, 0.2) is 0 Å². The molecule has 1 heterocycles. The molecule has 1 aromatic heterocycles. The molecule has 3 nitrogen and oxygen atoms in total. The van der Waals surface area contributed by atoms with Crippen LogP contribution >= 0.6 is 0 Å². The molecule has 0 aliphatic rings. The Morgan fingerprint density at radius 1 is 1.00 bits per heavy atom. The number of carbonyl (C=O) groups excluding carboxylic acids is 1. The molecular formula is C21H19NO2. The van der Waals surface area contributed by atoms with E-state index in [9.17, 15) is 4.79 Å². The Morgan fingerprint density at radius 2 is 1.71 bits per heavy atom. The Bertz CT molecular complexity index is 1080. The lowest BCUT2D eigenvalue weighted by Gasteiger charge is -2.11. The van der Waals surface area contributed by atoms with Crippen LogP contribution in [0.5, 0.6) is 0 Å². The highest BCUT2D eigenvalue weighted by Crippen LogP contribution is 2.35. The smallest absolute Gasteiger partial charge is 0.310 e. The van der Waals surface area contributed by atoms with Gasteiger partial charge in [-0.2, -0.15) is 0 Å². The van der Waals surface area contributed by atoms with E-state index in [0.29, 0.717) is 6.61 Å². The summed E-state index contributed by atoms with van der Waals surface area (Å²) >= 11 is 0. The van der Waals surface area contributed by atoms with Crippen molar-refractivity contribution in [3.05, 3.63) is 60.2 Å². The van der Waals surface area contributed by atoms with Crippen LogP contribution in [-0.2, 0) is 23.0 Å². The SMILES string of the molecule is CCOC(=O)Cc1c2ccccc2cc2c3ccccc3n(C)c12. The number of esters is 1. The monoisotopic (exact) mass is 317 g/mol. The third-order valence-electron chi connectivity index (χ3n) is 4.64. The van der Waals surface area contributed by atoms with Crippen molar-refractivity contribution in [2.24, 2.45) is 7.05 Å². The number of nitrogens with zero attached hydrogens (tertiary/aromatic N) is 1. The molecule has 0 bridgehead atoms. The molecule has 4 rings (SSSR count). The number of carbonyl (C=O) groups is 1. The Labute approximate surface area is 140 Å². The van der Waals surface area contributed by atoms with E-state index in [2.05, 4.69) is 48.0 Å². The molecule has 4 aromatic rings. The molecule has 3 aromatic carbocycles. The highest BCUT2D eigenvalue weighted by molar-refractivity contribution is 6.15. The van der Waals surface area contributed by atoms with E-state index in [1.54, 1.807) is 0 Å². The van der Waals surface area contributed by atoms with Gasteiger partial charge in [-0.1, -0.05) is 42.5 Å². The quantitative estimate of drug-likeness (QED) is 0.517. The largest absolute Gasteiger partial charge is 0.466 e. The number of hydrogen-bond acceptors (Lipinski definition) is 2. The highest BCUT2D eigenvalue weighted by Gasteiger charge is 2.17. The summed E-state index contributed by atoms with van der Waals surface area (Å²) < 4.78 is 7.40. The maximum Gasteiger partial charge on any atom is 0.310 e. The first-order chi connectivity index (χ1) is 11.7. The van der Waals surface area contributed by atoms with Crippen molar-refractivity contribution in [1.29, 1.82) is 0 Å². The minimum absolute atomic E-state index is 0.180. The van der Waals surface area contributed by atoms with Gasteiger partial charge in [0.2, 0.25) is 0 Å². The first-order valence-corrected chi connectivity index (χ1v) is 8.24. The number of fused-ring (bicyclic) bond motifs is 4. The van der Waals surface area contributed by atoms with Gasteiger partial charge >= 0.3 is 5.97 Å². The number of benzene rings is 3. The van der Waals surface area contributed by atoms with Crippen molar-refractivity contribution in [1.82, 2.24) is 4.57 Å². The molecule has 0 spiro atoms. The first kappa shape index (κ1) is 14.8. The predicted octanol–water partition coefficient (Wildman–Crippen LogP) is 4.59. The number of hydrogen-bond donors (Lipinski definition) is 0. The summed E-state index contributed by atoms with van der Waals surface area (Å²) in [5.41, 5.74) is 3.33. The van der Waals surface area contributed by atoms with Crippen LogP contribution in [0.25, 0.3) is 32.6 Å². The second-order valence-corrected chi connectivity index (χ2v) is 6.03. The number of aryl methyl sites for hydroxylation is 1. The van der Waals surface area contributed by atoms with Gasteiger partial charge in [-0.25, -0.2) is 0 Å². The highest BCUT2D eigenvalue weighted by atomic mass is 16.5. The summed E-state index contributed by atoms with van der Waals surface area (Å²) in [7, 11) is 2.06. The van der Waals surface area contributed by atoms with Crippen LogP contribution in [0.3, 0.4) is 0 Å². The number of aromatic nitrogens is 1. The second kappa shape index (κ2) is 5.68. The number of para-hydroxylation sites is 1. The molecule has 0 saturated heterocycles. The molecule has 0 N–H and O–H groups in total. The standard InChI is InChI=1S/C21H19NO2/c1-3-24-20(23)13-18-15-9-5-4-8-14(15)12-17-16-10-6-7-11-19(16)22(2)21(17)18/h4-12H,3,13H2,1-2H3. The molecule has 0 aliphatic heterocycles. The Morgan fingerprint density at radius 3 is 2.50 bits per heavy atom. The van der Waals surface area contributed by atoms with E-state index in [4.69, 9.17) is 4.74 Å². The predicted molar refractivity (Wildman–Crippen MR) is 98.3 cm³/mol. The van der Waals surface area contributed by atoms with Crippen LogP contribution in [0, 0.1) is 0 Å². The lowest BCUT2D eigenvalue weighted by atomic mass is 9.98. The van der Waals surface area contributed by atoms with Crippen LogP contribution < -0.4 is 0 Å². The van der Waals surface area contributed by atoms with Gasteiger partial charge in [0.25, 0.3) is 0 Å². The Balaban J connectivity index is 2.13. The van der Waals surface area contributed by atoms with Crippen molar-refractivity contribution in [3.63, 3.8) is 0 Å². The van der Waals surface area contributed by atoms with Crippen LogP contribution in [-0.4, -0.2) is 17.1 Å². The molecule has 0 fully saturated rings. The second-order valence-electron chi connectivity index (χ2n) is 6.03. The summed E-state index contributed by atoms with van der Waals surface area (Å²) in [5.74, 6) is -0.180. The third kappa shape index (κ3) is 2.16. The van der Waals surface area contributed by atoms with E-state index in [-0.39, 0.29) is 12.4 Å². The van der Waals surface area contributed by atoms with Gasteiger partial charge in [0.1, 0.15) is 0 Å². The van der Waals surface area contributed by atoms with Crippen molar-refractivity contribution < 1.29 is 9.53 Å². The molecule has 0 amide bonds. The summed E-state index contributed by atoms with van der Waals surface area (Å²) in [4.78, 5) is 12.2. The number of rotatable bonds is 3. The van der Waals surface area contributed by atoms with Crippen molar-refractivity contribution >= 4 is 38.5 Å². The van der Waals surface area contributed by atoms with Gasteiger partial charge in [0.05, 0.1) is 18.5 Å². The molecule has 0 saturated carbocycles. The maximum atomic E-state index is 12.2. The Hall–Kier alpha value is -2.81. The zero-order valence-electron chi connectivity index (χ0n) is 13.9.